The van der Waals surface area contributed by atoms with Crippen LogP contribution >= 0.6 is 11.3 Å². The lowest BCUT2D eigenvalue weighted by Crippen LogP contribution is -2.37. The van der Waals surface area contributed by atoms with Crippen LogP contribution in [0.5, 0.6) is 0 Å². The van der Waals surface area contributed by atoms with Crippen LogP contribution in [0.15, 0.2) is 17.5 Å². The summed E-state index contributed by atoms with van der Waals surface area (Å²) in [7, 11) is 1.99. The van der Waals surface area contributed by atoms with Crippen LogP contribution in [0.4, 0.5) is 0 Å². The summed E-state index contributed by atoms with van der Waals surface area (Å²) in [6, 6.07) is 4.45. The van der Waals surface area contributed by atoms with Crippen LogP contribution in [0.2, 0.25) is 0 Å². The van der Waals surface area contributed by atoms with Crippen LogP contribution in [0.1, 0.15) is 31.7 Å². The molecule has 1 aromatic heterocycles. The Labute approximate surface area is 108 Å². The number of rotatable bonds is 6. The predicted octanol–water partition coefficient (Wildman–Crippen LogP) is 2.51. The van der Waals surface area contributed by atoms with Gasteiger partial charge in [-0.1, -0.05) is 19.9 Å². The summed E-state index contributed by atoms with van der Waals surface area (Å²) in [6.07, 6.45) is 0. The molecule has 0 radical (unpaired) electrons. The third-order valence-electron chi connectivity index (χ3n) is 2.72. The van der Waals surface area contributed by atoms with Gasteiger partial charge >= 0.3 is 0 Å². The number of amides is 1. The first-order valence-electron chi connectivity index (χ1n) is 6.01. The molecule has 0 fully saturated rings. The minimum atomic E-state index is 0.101. The molecule has 17 heavy (non-hydrogen) atoms. The lowest BCUT2D eigenvalue weighted by molar-refractivity contribution is -0.122. The van der Waals surface area contributed by atoms with Gasteiger partial charge in [-0.15, -0.1) is 11.3 Å². The third kappa shape index (κ3) is 4.88. The highest BCUT2D eigenvalue weighted by Crippen LogP contribution is 2.22. The number of nitrogens with one attached hydrogen (secondary N) is 1. The molecule has 0 saturated heterocycles. The van der Waals surface area contributed by atoms with Gasteiger partial charge in [0.2, 0.25) is 5.91 Å². The van der Waals surface area contributed by atoms with E-state index in [1.165, 1.54) is 4.88 Å². The van der Waals surface area contributed by atoms with E-state index in [-0.39, 0.29) is 5.91 Å². The maximum atomic E-state index is 11.7. The second-order valence-corrected chi connectivity index (χ2v) is 5.78. The molecule has 1 unspecified atom stereocenters. The molecule has 1 amide bonds. The fraction of sp³-hybridized carbons (Fsp3) is 0.615. The molecule has 0 saturated carbocycles. The van der Waals surface area contributed by atoms with Gasteiger partial charge in [0.15, 0.2) is 0 Å². The molecule has 0 aliphatic rings. The van der Waals surface area contributed by atoms with Crippen LogP contribution in [0.25, 0.3) is 0 Å². The van der Waals surface area contributed by atoms with Crippen molar-refractivity contribution in [3.05, 3.63) is 22.4 Å². The molecule has 0 bridgehead atoms. The quantitative estimate of drug-likeness (QED) is 0.846. The first kappa shape index (κ1) is 14.2. The van der Waals surface area contributed by atoms with Gasteiger partial charge < -0.3 is 5.32 Å². The van der Waals surface area contributed by atoms with E-state index in [0.29, 0.717) is 18.5 Å². The topological polar surface area (TPSA) is 32.3 Å². The van der Waals surface area contributed by atoms with E-state index in [1.54, 1.807) is 11.3 Å². The molecule has 1 N–H and O–H groups in total. The molecule has 1 aromatic rings. The van der Waals surface area contributed by atoms with Crippen LogP contribution in [-0.4, -0.2) is 30.9 Å². The number of likely N-dealkylation sites (N-methyl/N-ethyl adjacent to an activating group) is 1. The Kier molecular flexibility index (Phi) is 5.65. The summed E-state index contributed by atoms with van der Waals surface area (Å²) >= 11 is 1.73. The molecule has 1 heterocycles. The van der Waals surface area contributed by atoms with Gasteiger partial charge in [-0.3, -0.25) is 9.69 Å². The van der Waals surface area contributed by atoms with Gasteiger partial charge in [0.05, 0.1) is 6.54 Å². The Morgan fingerprint density at radius 2 is 2.18 bits per heavy atom. The summed E-state index contributed by atoms with van der Waals surface area (Å²) in [5.74, 6) is 0.601. The number of hydrogen-bond donors (Lipinski definition) is 1. The van der Waals surface area contributed by atoms with Crippen molar-refractivity contribution in [3.63, 3.8) is 0 Å². The lowest BCUT2D eigenvalue weighted by atomic mass is 10.2. The minimum Gasteiger partial charge on any atom is -0.355 e. The first-order valence-corrected chi connectivity index (χ1v) is 6.89. The van der Waals surface area contributed by atoms with Gasteiger partial charge in [-0.2, -0.15) is 0 Å². The molecule has 0 spiro atoms. The standard InChI is InChI=1S/C13H22N2OS/c1-10(2)8-14-13(16)9-15(4)11(3)12-6-5-7-17-12/h5-7,10-11H,8-9H2,1-4H3,(H,14,16). The maximum absolute atomic E-state index is 11.7. The Morgan fingerprint density at radius 1 is 1.47 bits per heavy atom. The summed E-state index contributed by atoms with van der Waals surface area (Å²) in [4.78, 5) is 15.0. The second-order valence-electron chi connectivity index (χ2n) is 4.80. The van der Waals surface area contributed by atoms with Crippen molar-refractivity contribution in [2.24, 2.45) is 5.92 Å². The normalized spacial score (nSPS) is 13.1. The average Bonchev–Trinajstić information content (AvgIpc) is 2.78. The Bertz CT molecular complexity index is 335. The van der Waals surface area contributed by atoms with Crippen LogP contribution in [0, 0.1) is 5.92 Å². The maximum Gasteiger partial charge on any atom is 0.234 e. The molecule has 1 rings (SSSR count). The zero-order chi connectivity index (χ0) is 12.8. The second kappa shape index (κ2) is 6.77. The summed E-state index contributed by atoms with van der Waals surface area (Å²) < 4.78 is 0. The van der Waals surface area contributed by atoms with Crippen molar-refractivity contribution < 1.29 is 4.79 Å². The predicted molar refractivity (Wildman–Crippen MR) is 73.2 cm³/mol. The van der Waals surface area contributed by atoms with Crippen LogP contribution in [-0.2, 0) is 4.79 Å². The van der Waals surface area contributed by atoms with Crippen molar-refractivity contribution in [2.75, 3.05) is 20.1 Å². The molecule has 0 aliphatic heterocycles. The Morgan fingerprint density at radius 3 is 2.71 bits per heavy atom. The zero-order valence-electron chi connectivity index (χ0n) is 11.1. The molecule has 4 heteroatoms. The fourth-order valence-corrected chi connectivity index (χ4v) is 2.33. The average molecular weight is 254 g/mol. The lowest BCUT2D eigenvalue weighted by Gasteiger charge is -2.23. The van der Waals surface area contributed by atoms with Crippen molar-refractivity contribution >= 4 is 17.2 Å². The van der Waals surface area contributed by atoms with E-state index >= 15 is 0 Å². The van der Waals surface area contributed by atoms with Crippen molar-refractivity contribution in [3.8, 4) is 0 Å². The van der Waals surface area contributed by atoms with E-state index in [0.717, 1.165) is 6.54 Å². The van der Waals surface area contributed by atoms with Gasteiger partial charge in [-0.05, 0) is 31.3 Å². The SMILES string of the molecule is CC(C)CNC(=O)CN(C)C(C)c1cccs1. The van der Waals surface area contributed by atoms with Gasteiger partial charge in [0.1, 0.15) is 0 Å². The molecule has 1 atom stereocenters. The van der Waals surface area contributed by atoms with Crippen LogP contribution < -0.4 is 5.32 Å². The largest absolute Gasteiger partial charge is 0.355 e. The summed E-state index contributed by atoms with van der Waals surface area (Å²) in [6.45, 7) is 7.52. The smallest absolute Gasteiger partial charge is 0.234 e. The molecule has 96 valence electrons. The van der Waals surface area contributed by atoms with Gasteiger partial charge in [0.25, 0.3) is 0 Å². The number of carbonyl (C=O) groups excluding carboxylic acids is 1. The van der Waals surface area contributed by atoms with Gasteiger partial charge in [0, 0.05) is 17.5 Å². The highest BCUT2D eigenvalue weighted by atomic mass is 32.1. The van der Waals surface area contributed by atoms with E-state index in [9.17, 15) is 4.79 Å². The fourth-order valence-electron chi connectivity index (χ4n) is 1.48. The monoisotopic (exact) mass is 254 g/mol. The number of carbonyl (C=O) groups is 1. The number of nitrogens with zero attached hydrogens (tertiary/aromatic N) is 1. The third-order valence-corrected chi connectivity index (χ3v) is 3.76. The highest BCUT2D eigenvalue weighted by Gasteiger charge is 2.15. The van der Waals surface area contributed by atoms with Crippen molar-refractivity contribution in [1.82, 2.24) is 10.2 Å². The van der Waals surface area contributed by atoms with Crippen molar-refractivity contribution in [1.29, 1.82) is 0 Å². The summed E-state index contributed by atoms with van der Waals surface area (Å²) in [5, 5.41) is 5.00. The van der Waals surface area contributed by atoms with Gasteiger partial charge in [-0.25, -0.2) is 0 Å². The molecule has 3 nitrogen and oxygen atoms in total. The molecular weight excluding hydrogens is 232 g/mol. The first-order chi connectivity index (χ1) is 8.00. The highest BCUT2D eigenvalue weighted by molar-refractivity contribution is 7.10. The molecule has 0 aromatic carbocycles. The van der Waals surface area contributed by atoms with E-state index in [2.05, 4.69) is 42.4 Å². The molecule has 0 aliphatic carbocycles. The Hall–Kier alpha value is -0.870. The number of hydrogen-bond acceptors (Lipinski definition) is 3. The minimum absolute atomic E-state index is 0.101. The van der Waals surface area contributed by atoms with E-state index < -0.39 is 0 Å². The van der Waals surface area contributed by atoms with Crippen LogP contribution in [0.3, 0.4) is 0 Å². The number of thiophene rings is 1. The zero-order valence-corrected chi connectivity index (χ0v) is 11.9. The van der Waals surface area contributed by atoms with Crippen molar-refractivity contribution in [2.45, 2.75) is 26.8 Å². The van der Waals surface area contributed by atoms with E-state index in [1.807, 2.05) is 13.1 Å². The summed E-state index contributed by atoms with van der Waals surface area (Å²) in [5.41, 5.74) is 0. The molecular formula is C13H22N2OS. The van der Waals surface area contributed by atoms with E-state index in [4.69, 9.17) is 0 Å². The Balaban J connectivity index is 2.38.